The highest BCUT2D eigenvalue weighted by atomic mass is 35.5. The molecule has 2 N–H and O–H groups in total. The molecule has 2 aliphatic heterocycles. The molecule has 3 aliphatic rings. The number of fused-ring (bicyclic) bond motifs is 1. The van der Waals surface area contributed by atoms with Crippen LogP contribution in [0.4, 0.5) is 21.6 Å². The summed E-state index contributed by atoms with van der Waals surface area (Å²) >= 11 is 5.97. The number of ether oxygens (including phenoxy) is 2. The van der Waals surface area contributed by atoms with Gasteiger partial charge in [0.1, 0.15) is 23.7 Å². The second kappa shape index (κ2) is 13.5. The van der Waals surface area contributed by atoms with Gasteiger partial charge in [-0.2, -0.15) is 0 Å². The number of aromatic nitrogens is 2. The van der Waals surface area contributed by atoms with Gasteiger partial charge in [-0.15, -0.1) is 0 Å². The number of amides is 1. The van der Waals surface area contributed by atoms with E-state index in [0.29, 0.717) is 65.0 Å². The van der Waals surface area contributed by atoms with Gasteiger partial charge < -0.3 is 20.1 Å². The number of nitrogens with zero attached hydrogens (tertiary/aromatic N) is 4. The number of likely N-dealkylation sites (N-methyl/N-ethyl adjacent to an activating group) is 1. The Balaban J connectivity index is 1.12. The minimum atomic E-state index is -0.498. The number of hydrogen-bond acceptors (Lipinski definition) is 8. The molecule has 1 amide bonds. The zero-order chi connectivity index (χ0) is 29.8. The third kappa shape index (κ3) is 7.62. The maximum absolute atomic E-state index is 13.7. The molecule has 6 rings (SSSR count). The number of carbonyl (C=O) groups excluding carboxylic acids is 1. The van der Waals surface area contributed by atoms with Crippen molar-refractivity contribution in [2.75, 3.05) is 57.1 Å². The SMILES string of the molecule is CN(CC=CC(=O)Nc1cc2c(Nc3ccc(F)c(Cl)c3)ncnc2cc1OCC1CC1)C1CCN(C2CCOC2)CC1. The Labute approximate surface area is 256 Å². The van der Waals surface area contributed by atoms with Crippen LogP contribution in [0.1, 0.15) is 32.1 Å². The van der Waals surface area contributed by atoms with Crippen LogP contribution in [0.15, 0.2) is 48.8 Å². The molecule has 1 saturated carbocycles. The van der Waals surface area contributed by atoms with Gasteiger partial charge in [0.25, 0.3) is 0 Å². The molecule has 2 aromatic carbocycles. The van der Waals surface area contributed by atoms with E-state index in [-0.39, 0.29) is 10.9 Å². The molecule has 0 radical (unpaired) electrons. The first-order chi connectivity index (χ1) is 20.9. The first-order valence-electron chi connectivity index (χ1n) is 15.1. The summed E-state index contributed by atoms with van der Waals surface area (Å²) < 4.78 is 25.4. The summed E-state index contributed by atoms with van der Waals surface area (Å²) in [5.74, 6) is 0.866. The van der Waals surface area contributed by atoms with Crippen molar-refractivity contribution in [3.63, 3.8) is 0 Å². The first kappa shape index (κ1) is 29.7. The van der Waals surface area contributed by atoms with Crippen LogP contribution in [0.25, 0.3) is 10.9 Å². The Morgan fingerprint density at radius 2 is 2.02 bits per heavy atom. The van der Waals surface area contributed by atoms with Crippen LogP contribution in [0.2, 0.25) is 5.02 Å². The van der Waals surface area contributed by atoms with Crippen molar-refractivity contribution < 1.29 is 18.7 Å². The van der Waals surface area contributed by atoms with Crippen molar-refractivity contribution >= 4 is 45.6 Å². The van der Waals surface area contributed by atoms with E-state index in [1.165, 1.54) is 18.5 Å². The molecule has 1 aliphatic carbocycles. The standard InChI is InChI=1S/C32H38ClFN6O3/c1-39(23-8-12-40(13-9-23)24-10-14-42-19-24)11-2-3-31(41)38-29-16-25-28(17-30(29)43-18-21-4-5-21)35-20-36-32(25)37-22-6-7-27(34)26(33)15-22/h2-3,6-7,15-17,20-21,23-24H,4-5,8-14,18-19H2,1H3,(H,38,41)(H,35,36,37). The molecule has 3 heterocycles. The molecule has 1 unspecified atom stereocenters. The topological polar surface area (TPSA) is 91.9 Å². The van der Waals surface area contributed by atoms with E-state index in [1.807, 2.05) is 18.2 Å². The minimum Gasteiger partial charge on any atom is -0.491 e. The van der Waals surface area contributed by atoms with Gasteiger partial charge in [0.2, 0.25) is 5.91 Å². The van der Waals surface area contributed by atoms with Crippen LogP contribution < -0.4 is 15.4 Å². The fourth-order valence-electron chi connectivity index (χ4n) is 5.75. The maximum atomic E-state index is 13.7. The summed E-state index contributed by atoms with van der Waals surface area (Å²) in [5, 5.41) is 6.88. The summed E-state index contributed by atoms with van der Waals surface area (Å²) in [4.78, 5) is 26.8. The number of likely N-dealkylation sites (tertiary alicyclic amines) is 1. The van der Waals surface area contributed by atoms with E-state index < -0.39 is 5.82 Å². The molecule has 228 valence electrons. The van der Waals surface area contributed by atoms with Gasteiger partial charge in [-0.1, -0.05) is 17.7 Å². The van der Waals surface area contributed by atoms with E-state index in [0.717, 1.165) is 58.4 Å². The number of halogens is 2. The van der Waals surface area contributed by atoms with Crippen molar-refractivity contribution in [2.45, 2.75) is 44.2 Å². The van der Waals surface area contributed by atoms with Crippen LogP contribution in [0.3, 0.4) is 0 Å². The molecule has 11 heteroatoms. The van der Waals surface area contributed by atoms with Crippen LogP contribution in [0.5, 0.6) is 5.75 Å². The van der Waals surface area contributed by atoms with Gasteiger partial charge in [-0.05, 0) is 69.3 Å². The van der Waals surface area contributed by atoms with Gasteiger partial charge in [0.05, 0.1) is 29.4 Å². The van der Waals surface area contributed by atoms with Crippen molar-refractivity contribution in [1.82, 2.24) is 19.8 Å². The summed E-state index contributed by atoms with van der Waals surface area (Å²) in [6.45, 7) is 5.20. The summed E-state index contributed by atoms with van der Waals surface area (Å²) in [5.41, 5.74) is 1.77. The highest BCUT2D eigenvalue weighted by Gasteiger charge is 2.29. The average molecular weight is 609 g/mol. The van der Waals surface area contributed by atoms with E-state index >= 15 is 0 Å². The highest BCUT2D eigenvalue weighted by molar-refractivity contribution is 6.31. The van der Waals surface area contributed by atoms with Crippen molar-refractivity contribution in [3.05, 3.63) is 59.7 Å². The van der Waals surface area contributed by atoms with Crippen molar-refractivity contribution in [3.8, 4) is 5.75 Å². The van der Waals surface area contributed by atoms with E-state index in [9.17, 15) is 9.18 Å². The maximum Gasteiger partial charge on any atom is 0.248 e. The summed E-state index contributed by atoms with van der Waals surface area (Å²) in [7, 11) is 2.12. The number of piperidine rings is 1. The number of benzene rings is 2. The smallest absolute Gasteiger partial charge is 0.248 e. The molecule has 1 atom stereocenters. The van der Waals surface area contributed by atoms with Crippen LogP contribution in [0, 0.1) is 11.7 Å². The molecule has 0 bridgehead atoms. The second-order valence-corrected chi connectivity index (χ2v) is 12.1. The molecular weight excluding hydrogens is 571 g/mol. The number of hydrogen-bond donors (Lipinski definition) is 2. The van der Waals surface area contributed by atoms with Crippen molar-refractivity contribution in [2.24, 2.45) is 5.92 Å². The number of anilines is 3. The van der Waals surface area contributed by atoms with E-state index in [2.05, 4.69) is 37.4 Å². The monoisotopic (exact) mass is 608 g/mol. The van der Waals surface area contributed by atoms with Gasteiger partial charge in [0, 0.05) is 61.5 Å². The van der Waals surface area contributed by atoms with E-state index in [1.54, 1.807) is 12.1 Å². The van der Waals surface area contributed by atoms with E-state index in [4.69, 9.17) is 21.1 Å². The Bertz CT molecular complexity index is 1470. The normalized spacial score (nSPS) is 19.9. The Morgan fingerprint density at radius 1 is 1.19 bits per heavy atom. The lowest BCUT2D eigenvalue weighted by molar-refractivity contribution is -0.111. The minimum absolute atomic E-state index is 0.00847. The Morgan fingerprint density at radius 3 is 2.77 bits per heavy atom. The third-order valence-electron chi connectivity index (χ3n) is 8.56. The van der Waals surface area contributed by atoms with Crippen molar-refractivity contribution in [1.29, 1.82) is 0 Å². The summed E-state index contributed by atoms with van der Waals surface area (Å²) in [6.07, 6.45) is 10.6. The highest BCUT2D eigenvalue weighted by Crippen LogP contribution is 2.36. The Hall–Kier alpha value is -3.31. The largest absolute Gasteiger partial charge is 0.491 e. The number of rotatable bonds is 11. The van der Waals surface area contributed by atoms with Crippen LogP contribution in [-0.4, -0.2) is 84.3 Å². The lowest BCUT2D eigenvalue weighted by Crippen LogP contribution is -2.47. The predicted octanol–water partition coefficient (Wildman–Crippen LogP) is 5.63. The third-order valence-corrected chi connectivity index (χ3v) is 8.85. The zero-order valence-corrected chi connectivity index (χ0v) is 25.2. The molecule has 3 aromatic rings. The molecular formula is C32H38ClFN6O3. The fraction of sp³-hybridized carbons (Fsp3) is 0.469. The molecule has 43 heavy (non-hydrogen) atoms. The molecule has 9 nitrogen and oxygen atoms in total. The van der Waals surface area contributed by atoms with Crippen LogP contribution >= 0.6 is 11.6 Å². The van der Waals surface area contributed by atoms with Gasteiger partial charge in [-0.25, -0.2) is 14.4 Å². The number of nitrogens with one attached hydrogen (secondary N) is 2. The molecule has 3 fully saturated rings. The second-order valence-electron chi connectivity index (χ2n) is 11.7. The van der Waals surface area contributed by atoms with Crippen LogP contribution in [-0.2, 0) is 9.53 Å². The number of carbonyl (C=O) groups is 1. The summed E-state index contributed by atoms with van der Waals surface area (Å²) in [6, 6.07) is 9.07. The molecule has 2 saturated heterocycles. The van der Waals surface area contributed by atoms with Gasteiger partial charge in [0.15, 0.2) is 0 Å². The fourth-order valence-corrected chi connectivity index (χ4v) is 5.94. The van der Waals surface area contributed by atoms with Gasteiger partial charge in [-0.3, -0.25) is 14.6 Å². The molecule has 1 aromatic heterocycles. The molecule has 0 spiro atoms. The zero-order valence-electron chi connectivity index (χ0n) is 24.4. The predicted molar refractivity (Wildman–Crippen MR) is 167 cm³/mol. The lowest BCUT2D eigenvalue weighted by atomic mass is 10.0. The average Bonchev–Trinajstić information content (AvgIpc) is 3.68. The first-order valence-corrected chi connectivity index (χ1v) is 15.4. The quantitative estimate of drug-likeness (QED) is 0.271. The van der Waals surface area contributed by atoms with Gasteiger partial charge >= 0.3 is 0 Å². The lowest BCUT2D eigenvalue weighted by Gasteiger charge is -2.38. The Kier molecular flexibility index (Phi) is 9.37.